The van der Waals surface area contributed by atoms with Gasteiger partial charge < -0.3 is 15.7 Å². The minimum absolute atomic E-state index is 0.00683. The van der Waals surface area contributed by atoms with Crippen LogP contribution in [-0.4, -0.2) is 27.7 Å². The number of oxime groups is 1. The van der Waals surface area contributed by atoms with Crippen LogP contribution in [0.5, 0.6) is 0 Å². The molecule has 104 valence electrons. The predicted molar refractivity (Wildman–Crippen MR) is 68.9 cm³/mol. The molecule has 1 unspecified atom stereocenters. The number of amidine groups is 1. The van der Waals surface area contributed by atoms with E-state index in [1.807, 2.05) is 0 Å². The Labute approximate surface area is 119 Å². The first-order valence-electron chi connectivity index (χ1n) is 5.32. The van der Waals surface area contributed by atoms with Crippen molar-refractivity contribution in [3.63, 3.8) is 0 Å². The second-order valence-corrected chi connectivity index (χ2v) is 4.67. The molecular weight excluding hydrogens is 337 g/mol. The summed E-state index contributed by atoms with van der Waals surface area (Å²) < 4.78 is 18.0. The minimum atomic E-state index is -1.39. The van der Waals surface area contributed by atoms with Crippen LogP contribution in [0.25, 0.3) is 0 Å². The third kappa shape index (κ3) is 1.98. The van der Waals surface area contributed by atoms with Gasteiger partial charge in [0.2, 0.25) is 5.84 Å². The van der Waals surface area contributed by atoms with Crippen LogP contribution in [0.2, 0.25) is 0 Å². The Hall–Kier alpha value is -2.20. The molecule has 1 aromatic heterocycles. The number of benzene rings is 1. The van der Waals surface area contributed by atoms with E-state index in [4.69, 9.17) is 10.6 Å². The van der Waals surface area contributed by atoms with Crippen molar-refractivity contribution < 1.29 is 19.0 Å². The highest BCUT2D eigenvalue weighted by atomic mass is 79.9. The topological polar surface area (TPSA) is 110 Å². The van der Waals surface area contributed by atoms with Gasteiger partial charge in [-0.2, -0.15) is 0 Å². The third-order valence-electron chi connectivity index (χ3n) is 2.59. The maximum absolute atomic E-state index is 13.3. The van der Waals surface area contributed by atoms with Gasteiger partial charge in [0, 0.05) is 0 Å². The Balaban J connectivity index is 2.04. The van der Waals surface area contributed by atoms with E-state index in [-0.39, 0.29) is 21.8 Å². The van der Waals surface area contributed by atoms with Crippen LogP contribution in [0.1, 0.15) is 5.69 Å². The second kappa shape index (κ2) is 4.72. The lowest BCUT2D eigenvalue weighted by Crippen LogP contribution is -2.37. The fraction of sp³-hybridized carbons (Fsp3) is 0.100. The van der Waals surface area contributed by atoms with Gasteiger partial charge in [0.1, 0.15) is 5.82 Å². The quantitative estimate of drug-likeness (QED) is 0.837. The molecule has 0 fully saturated rings. The Morgan fingerprint density at radius 1 is 1.40 bits per heavy atom. The molecule has 0 spiro atoms. The summed E-state index contributed by atoms with van der Waals surface area (Å²) in [4.78, 5) is 6.04. The summed E-state index contributed by atoms with van der Waals surface area (Å²) in [5, 5.41) is 20.5. The summed E-state index contributed by atoms with van der Waals surface area (Å²) in [6, 6.07) is 4.12. The van der Waals surface area contributed by atoms with Crippen molar-refractivity contribution in [1.29, 1.82) is 0 Å². The van der Waals surface area contributed by atoms with E-state index in [9.17, 15) is 9.50 Å². The normalized spacial score (nSPS) is 18.1. The zero-order chi connectivity index (χ0) is 14.3. The third-order valence-corrected chi connectivity index (χ3v) is 3.20. The number of halogens is 2. The van der Waals surface area contributed by atoms with Crippen molar-refractivity contribution in [1.82, 2.24) is 10.3 Å². The Morgan fingerprint density at radius 3 is 2.85 bits per heavy atom. The zero-order valence-corrected chi connectivity index (χ0v) is 11.3. The predicted octanol–water partition coefficient (Wildman–Crippen LogP) is 1.03. The lowest BCUT2D eigenvalue weighted by atomic mass is 10.2. The van der Waals surface area contributed by atoms with E-state index >= 15 is 0 Å². The molecular formula is C10H7BrFN5O3. The molecule has 1 aliphatic rings. The van der Waals surface area contributed by atoms with Gasteiger partial charge in [0.05, 0.1) is 10.2 Å². The second-order valence-electron chi connectivity index (χ2n) is 3.81. The summed E-state index contributed by atoms with van der Waals surface area (Å²) in [7, 11) is 0. The van der Waals surface area contributed by atoms with Crippen LogP contribution < -0.4 is 10.6 Å². The van der Waals surface area contributed by atoms with Crippen molar-refractivity contribution in [3.8, 4) is 0 Å². The summed E-state index contributed by atoms with van der Waals surface area (Å²) in [5.74, 6) is -0.341. The molecule has 0 saturated carbocycles. The van der Waals surface area contributed by atoms with Crippen LogP contribution in [0.3, 0.4) is 0 Å². The summed E-state index contributed by atoms with van der Waals surface area (Å²) in [5.41, 5.74) is 6.11. The van der Waals surface area contributed by atoms with E-state index in [0.717, 1.165) is 0 Å². The largest absolute Gasteiger partial charge is 0.379 e. The number of aliphatic hydroxyl groups is 1. The van der Waals surface area contributed by atoms with Crippen LogP contribution in [-0.2, 0) is 4.84 Å². The molecule has 8 nitrogen and oxygen atoms in total. The molecule has 3 rings (SSSR count). The van der Waals surface area contributed by atoms with Gasteiger partial charge in [0.25, 0.3) is 0 Å². The highest BCUT2D eigenvalue weighted by molar-refractivity contribution is 9.10. The summed E-state index contributed by atoms with van der Waals surface area (Å²) in [6.45, 7) is 0. The first-order chi connectivity index (χ1) is 9.58. The van der Waals surface area contributed by atoms with Gasteiger partial charge in [-0.15, -0.1) is 0 Å². The van der Waals surface area contributed by atoms with E-state index in [2.05, 4.69) is 36.0 Å². The van der Waals surface area contributed by atoms with Crippen LogP contribution in [0.15, 0.2) is 32.5 Å². The molecule has 1 aromatic carbocycles. The average Bonchev–Trinajstić information content (AvgIpc) is 2.99. The summed E-state index contributed by atoms with van der Waals surface area (Å²) >= 11 is 3.06. The monoisotopic (exact) mass is 343 g/mol. The van der Waals surface area contributed by atoms with Crippen LogP contribution in [0.4, 0.5) is 15.9 Å². The number of nitrogens with two attached hydrogens (primary N) is 1. The molecule has 0 saturated heterocycles. The number of hydrogen-bond acceptors (Lipinski definition) is 8. The van der Waals surface area contributed by atoms with E-state index in [1.165, 1.54) is 23.1 Å². The smallest absolute Gasteiger partial charge is 0.311 e. The number of nitrogen functional groups attached to an aromatic ring is 1. The molecule has 2 aromatic rings. The lowest BCUT2D eigenvalue weighted by Gasteiger charge is -2.20. The number of nitrogens with zero attached hydrogens (tertiary/aromatic N) is 4. The number of hydrogen-bond donors (Lipinski definition) is 2. The van der Waals surface area contributed by atoms with Gasteiger partial charge in [-0.25, -0.2) is 9.02 Å². The number of rotatable bonds is 2. The van der Waals surface area contributed by atoms with Gasteiger partial charge in [-0.1, -0.05) is 5.16 Å². The fourth-order valence-electron chi connectivity index (χ4n) is 1.69. The molecule has 2 heterocycles. The lowest BCUT2D eigenvalue weighted by molar-refractivity contribution is -0.0746. The summed E-state index contributed by atoms with van der Waals surface area (Å²) in [6.07, 6.45) is -1.39. The van der Waals surface area contributed by atoms with Crippen molar-refractivity contribution in [3.05, 3.63) is 34.2 Å². The van der Waals surface area contributed by atoms with Gasteiger partial charge >= 0.3 is 6.41 Å². The number of aliphatic hydroxyl groups excluding tert-OH is 1. The Kier molecular flexibility index (Phi) is 3.03. The number of anilines is 2. The molecule has 20 heavy (non-hydrogen) atoms. The van der Waals surface area contributed by atoms with E-state index < -0.39 is 12.2 Å². The van der Waals surface area contributed by atoms with Crippen molar-refractivity contribution in [2.45, 2.75) is 6.41 Å². The minimum Gasteiger partial charge on any atom is -0.379 e. The molecule has 10 heteroatoms. The van der Waals surface area contributed by atoms with Crippen LogP contribution in [0, 0.1) is 5.82 Å². The first-order valence-corrected chi connectivity index (χ1v) is 6.12. The van der Waals surface area contributed by atoms with Crippen molar-refractivity contribution in [2.75, 3.05) is 10.6 Å². The molecule has 0 bridgehead atoms. The first kappa shape index (κ1) is 12.8. The fourth-order valence-corrected chi connectivity index (χ4v) is 2.05. The van der Waals surface area contributed by atoms with Gasteiger partial charge in [-0.05, 0) is 44.4 Å². The Morgan fingerprint density at radius 2 is 2.20 bits per heavy atom. The highest BCUT2D eigenvalue weighted by Gasteiger charge is 2.34. The average molecular weight is 344 g/mol. The van der Waals surface area contributed by atoms with Crippen molar-refractivity contribution in [2.24, 2.45) is 5.16 Å². The zero-order valence-electron chi connectivity index (χ0n) is 9.70. The molecule has 0 aliphatic carbocycles. The van der Waals surface area contributed by atoms with E-state index in [0.29, 0.717) is 5.69 Å². The Bertz CT molecular complexity index is 691. The van der Waals surface area contributed by atoms with Crippen LogP contribution >= 0.6 is 15.9 Å². The molecule has 3 N–H and O–H groups in total. The van der Waals surface area contributed by atoms with Crippen molar-refractivity contribution >= 4 is 33.3 Å². The molecule has 1 atom stereocenters. The highest BCUT2D eigenvalue weighted by Crippen LogP contribution is 2.29. The van der Waals surface area contributed by atoms with Gasteiger partial charge in [0.15, 0.2) is 11.5 Å². The molecule has 0 amide bonds. The molecule has 1 aliphatic heterocycles. The van der Waals surface area contributed by atoms with E-state index in [1.54, 1.807) is 0 Å². The molecule has 0 radical (unpaired) electrons. The standard InChI is InChI=1S/C10H7BrFN5O3/c11-5-3-4(1-2-6(5)12)17-9(16-19-10(17)18)7-8(13)15-20-14-7/h1-3,10,18H,(H2,13,15). The number of aromatic nitrogens is 2. The maximum Gasteiger partial charge on any atom is 0.311 e. The van der Waals surface area contributed by atoms with Gasteiger partial charge in [-0.3, -0.25) is 4.90 Å². The maximum atomic E-state index is 13.3. The SMILES string of the molecule is Nc1nonc1C1=NOC(O)N1c1ccc(F)c(Br)c1.